The van der Waals surface area contributed by atoms with Crippen LogP contribution in [0.2, 0.25) is 0 Å². The van der Waals surface area contributed by atoms with Crippen molar-refractivity contribution in [3.8, 4) is 5.75 Å². The summed E-state index contributed by atoms with van der Waals surface area (Å²) in [6, 6.07) is 17.3. The summed E-state index contributed by atoms with van der Waals surface area (Å²) < 4.78 is 5.60. The largest absolute Gasteiger partial charge is 0.494 e. The summed E-state index contributed by atoms with van der Waals surface area (Å²) in [5.41, 5.74) is 3.80. The molecule has 2 rings (SSSR count). The lowest BCUT2D eigenvalue weighted by atomic mass is 10.0. The van der Waals surface area contributed by atoms with Crippen LogP contribution in [0.4, 0.5) is 5.69 Å². The van der Waals surface area contributed by atoms with Crippen molar-refractivity contribution in [2.24, 2.45) is 0 Å². The zero-order valence-electron chi connectivity index (χ0n) is 13.2. The van der Waals surface area contributed by atoms with Crippen molar-refractivity contribution < 1.29 is 4.74 Å². The first-order valence-electron chi connectivity index (χ1n) is 7.81. The molecule has 2 nitrogen and oxygen atoms in total. The first-order valence-corrected chi connectivity index (χ1v) is 7.81. The molecule has 0 bridgehead atoms. The van der Waals surface area contributed by atoms with Crippen molar-refractivity contribution in [3.05, 3.63) is 59.7 Å². The van der Waals surface area contributed by atoms with Crippen LogP contribution in [-0.2, 0) is 6.42 Å². The van der Waals surface area contributed by atoms with Crippen LogP contribution in [0.25, 0.3) is 0 Å². The van der Waals surface area contributed by atoms with Crippen molar-refractivity contribution in [2.45, 2.75) is 39.7 Å². The molecule has 0 spiro atoms. The second-order valence-electron chi connectivity index (χ2n) is 5.33. The third-order valence-corrected chi connectivity index (χ3v) is 3.60. The maximum atomic E-state index is 5.60. The number of hydrogen-bond donors (Lipinski definition) is 1. The Morgan fingerprint density at radius 3 is 2.19 bits per heavy atom. The fraction of sp³-hybridized carbons (Fsp3) is 0.368. The Morgan fingerprint density at radius 2 is 1.62 bits per heavy atom. The number of ether oxygens (including phenoxy) is 1. The summed E-state index contributed by atoms with van der Waals surface area (Å²) in [5, 5.41) is 3.52. The fourth-order valence-corrected chi connectivity index (χ4v) is 2.24. The summed E-state index contributed by atoms with van der Waals surface area (Å²) >= 11 is 0. The van der Waals surface area contributed by atoms with Gasteiger partial charge in [0.2, 0.25) is 0 Å². The maximum absolute atomic E-state index is 5.60. The summed E-state index contributed by atoms with van der Waals surface area (Å²) in [5.74, 6) is 0.933. The van der Waals surface area contributed by atoms with Gasteiger partial charge in [-0.15, -0.1) is 0 Å². The van der Waals surface area contributed by atoms with Crippen LogP contribution in [0.15, 0.2) is 48.5 Å². The first kappa shape index (κ1) is 15.4. The molecule has 1 atom stereocenters. The highest BCUT2D eigenvalue weighted by atomic mass is 16.5. The third kappa shape index (κ3) is 4.52. The van der Waals surface area contributed by atoms with E-state index in [0.717, 1.165) is 30.9 Å². The second-order valence-corrected chi connectivity index (χ2v) is 5.33. The molecule has 2 heteroatoms. The van der Waals surface area contributed by atoms with Crippen LogP contribution in [0, 0.1) is 0 Å². The summed E-state index contributed by atoms with van der Waals surface area (Å²) in [6.07, 6.45) is 2.12. The Kier molecular flexibility index (Phi) is 5.68. The molecule has 0 fully saturated rings. The zero-order chi connectivity index (χ0) is 15.1. The predicted octanol–water partition coefficient (Wildman–Crippen LogP) is 5.21. The van der Waals surface area contributed by atoms with Crippen molar-refractivity contribution in [1.29, 1.82) is 0 Å². The Bertz CT molecular complexity index is 530. The van der Waals surface area contributed by atoms with Crippen LogP contribution in [0.5, 0.6) is 5.75 Å². The molecular weight excluding hydrogens is 258 g/mol. The van der Waals surface area contributed by atoms with Gasteiger partial charge in [-0.05, 0) is 55.2 Å². The minimum absolute atomic E-state index is 0.290. The molecule has 0 saturated carbocycles. The van der Waals surface area contributed by atoms with Crippen molar-refractivity contribution in [3.63, 3.8) is 0 Å². The fourth-order valence-electron chi connectivity index (χ4n) is 2.24. The Hall–Kier alpha value is -1.96. The molecule has 0 aromatic heterocycles. The van der Waals surface area contributed by atoms with E-state index in [-0.39, 0.29) is 0 Å². The van der Waals surface area contributed by atoms with Crippen LogP contribution in [0.3, 0.4) is 0 Å². The molecule has 0 aliphatic heterocycles. The molecule has 0 heterocycles. The molecule has 2 aromatic rings. The lowest BCUT2D eigenvalue weighted by Gasteiger charge is -2.16. The van der Waals surface area contributed by atoms with Gasteiger partial charge in [-0.3, -0.25) is 0 Å². The average Bonchev–Trinajstić information content (AvgIpc) is 2.54. The standard InChI is InChI=1S/C19H25NO/c1-4-14-21-19-12-10-18(11-13-19)20-15(3)17-8-6-16(5-2)7-9-17/h6-13,15,20H,4-5,14H2,1-3H3. The highest BCUT2D eigenvalue weighted by Gasteiger charge is 2.05. The van der Waals surface area contributed by atoms with Crippen molar-refractivity contribution in [2.75, 3.05) is 11.9 Å². The molecule has 2 aromatic carbocycles. The Labute approximate surface area is 128 Å². The molecule has 1 unspecified atom stereocenters. The van der Waals surface area contributed by atoms with Crippen LogP contribution >= 0.6 is 0 Å². The van der Waals surface area contributed by atoms with Gasteiger partial charge in [0.1, 0.15) is 5.75 Å². The van der Waals surface area contributed by atoms with Gasteiger partial charge in [-0.25, -0.2) is 0 Å². The lowest BCUT2D eigenvalue weighted by Crippen LogP contribution is -2.06. The SMILES string of the molecule is CCCOc1ccc(NC(C)c2ccc(CC)cc2)cc1. The quantitative estimate of drug-likeness (QED) is 0.753. The van der Waals surface area contributed by atoms with Gasteiger partial charge in [0.25, 0.3) is 0 Å². The highest BCUT2D eigenvalue weighted by Crippen LogP contribution is 2.22. The molecule has 21 heavy (non-hydrogen) atoms. The molecule has 112 valence electrons. The van der Waals surface area contributed by atoms with E-state index in [2.05, 4.69) is 62.5 Å². The Balaban J connectivity index is 1.96. The molecule has 0 aliphatic rings. The van der Waals surface area contributed by atoms with Gasteiger partial charge < -0.3 is 10.1 Å². The maximum Gasteiger partial charge on any atom is 0.119 e. The van der Waals surface area contributed by atoms with Gasteiger partial charge in [0, 0.05) is 11.7 Å². The van der Waals surface area contributed by atoms with Gasteiger partial charge >= 0.3 is 0 Å². The average molecular weight is 283 g/mol. The number of rotatable bonds is 7. The number of aryl methyl sites for hydroxylation is 1. The lowest BCUT2D eigenvalue weighted by molar-refractivity contribution is 0.317. The second kappa shape index (κ2) is 7.72. The minimum atomic E-state index is 0.290. The van der Waals surface area contributed by atoms with E-state index in [1.54, 1.807) is 0 Å². The minimum Gasteiger partial charge on any atom is -0.494 e. The normalized spacial score (nSPS) is 12.0. The number of hydrogen-bond acceptors (Lipinski definition) is 2. The van der Waals surface area contributed by atoms with Gasteiger partial charge in [0.15, 0.2) is 0 Å². The van der Waals surface area contributed by atoms with E-state index in [1.165, 1.54) is 11.1 Å². The van der Waals surface area contributed by atoms with E-state index in [1.807, 2.05) is 12.1 Å². The van der Waals surface area contributed by atoms with Gasteiger partial charge in [-0.1, -0.05) is 38.1 Å². The molecule has 0 aliphatic carbocycles. The molecule has 0 saturated heterocycles. The monoisotopic (exact) mass is 283 g/mol. The highest BCUT2D eigenvalue weighted by molar-refractivity contribution is 5.48. The summed E-state index contributed by atoms with van der Waals surface area (Å²) in [4.78, 5) is 0. The van der Waals surface area contributed by atoms with E-state index in [9.17, 15) is 0 Å². The van der Waals surface area contributed by atoms with E-state index in [4.69, 9.17) is 4.74 Å². The number of nitrogens with one attached hydrogen (secondary N) is 1. The first-order chi connectivity index (χ1) is 10.2. The van der Waals surface area contributed by atoms with E-state index in [0.29, 0.717) is 6.04 Å². The topological polar surface area (TPSA) is 21.3 Å². The predicted molar refractivity (Wildman–Crippen MR) is 90.1 cm³/mol. The van der Waals surface area contributed by atoms with E-state index < -0.39 is 0 Å². The van der Waals surface area contributed by atoms with Crippen LogP contribution in [0.1, 0.15) is 44.4 Å². The van der Waals surface area contributed by atoms with Crippen molar-refractivity contribution in [1.82, 2.24) is 0 Å². The molecule has 0 amide bonds. The van der Waals surface area contributed by atoms with Crippen LogP contribution in [-0.4, -0.2) is 6.61 Å². The van der Waals surface area contributed by atoms with Crippen LogP contribution < -0.4 is 10.1 Å². The molecule has 1 N–H and O–H groups in total. The number of benzene rings is 2. The van der Waals surface area contributed by atoms with Gasteiger partial charge in [-0.2, -0.15) is 0 Å². The summed E-state index contributed by atoms with van der Waals surface area (Å²) in [7, 11) is 0. The zero-order valence-corrected chi connectivity index (χ0v) is 13.2. The van der Waals surface area contributed by atoms with Crippen molar-refractivity contribution >= 4 is 5.69 Å². The van der Waals surface area contributed by atoms with Gasteiger partial charge in [0.05, 0.1) is 6.61 Å². The molecular formula is C19H25NO. The summed E-state index contributed by atoms with van der Waals surface area (Å²) in [6.45, 7) is 7.25. The Morgan fingerprint density at radius 1 is 0.952 bits per heavy atom. The molecule has 0 radical (unpaired) electrons. The smallest absolute Gasteiger partial charge is 0.119 e. The third-order valence-electron chi connectivity index (χ3n) is 3.60. The number of anilines is 1. The van der Waals surface area contributed by atoms with E-state index >= 15 is 0 Å².